The lowest BCUT2D eigenvalue weighted by atomic mass is 9.88. The number of nitrogens with one attached hydrogen (secondary N) is 1. The second-order valence-corrected chi connectivity index (χ2v) is 8.44. The molecule has 1 aromatic carbocycles. The molecule has 7 heteroatoms. The minimum atomic E-state index is -3.66. The first-order chi connectivity index (χ1) is 10.5. The van der Waals surface area contributed by atoms with Crippen LogP contribution in [0.5, 0.6) is 0 Å². The fourth-order valence-electron chi connectivity index (χ4n) is 1.98. The molecule has 0 saturated carbocycles. The third-order valence-electron chi connectivity index (χ3n) is 4.20. The maximum absolute atomic E-state index is 12.9. The van der Waals surface area contributed by atoms with Crippen LogP contribution in [-0.4, -0.2) is 32.2 Å². The fraction of sp³-hybridized carbons (Fsp3) is 0.562. The van der Waals surface area contributed by atoms with E-state index >= 15 is 0 Å². The second kappa shape index (κ2) is 7.40. The van der Waals surface area contributed by atoms with Crippen LogP contribution in [0.3, 0.4) is 0 Å². The lowest BCUT2D eigenvalue weighted by molar-refractivity contribution is -0.126. The molecule has 0 spiro atoms. The van der Waals surface area contributed by atoms with E-state index < -0.39 is 27.1 Å². The smallest absolute Gasteiger partial charge is 0.224 e. The highest BCUT2D eigenvalue weighted by atomic mass is 32.2. The van der Waals surface area contributed by atoms with Crippen molar-refractivity contribution >= 4 is 15.7 Å². The number of sulfone groups is 1. The summed E-state index contributed by atoms with van der Waals surface area (Å²) in [6.07, 6.45) is 0. The molecule has 1 amide bonds. The van der Waals surface area contributed by atoms with E-state index in [-0.39, 0.29) is 29.0 Å². The van der Waals surface area contributed by atoms with Gasteiger partial charge in [-0.3, -0.25) is 4.79 Å². The third kappa shape index (κ3) is 5.00. The Kier molecular flexibility index (Phi) is 6.30. The summed E-state index contributed by atoms with van der Waals surface area (Å²) in [4.78, 5) is 12.3. The van der Waals surface area contributed by atoms with Gasteiger partial charge in [-0.25, -0.2) is 12.8 Å². The molecule has 5 nitrogen and oxygen atoms in total. The predicted octanol–water partition coefficient (Wildman–Crippen LogP) is 1.73. The Morgan fingerprint density at radius 2 is 1.78 bits per heavy atom. The van der Waals surface area contributed by atoms with Crippen molar-refractivity contribution in [2.45, 2.75) is 38.1 Å². The number of benzene rings is 1. The van der Waals surface area contributed by atoms with Gasteiger partial charge in [0.1, 0.15) is 5.82 Å². The molecule has 23 heavy (non-hydrogen) atoms. The normalized spacial score (nSPS) is 16.0. The third-order valence-corrected chi connectivity index (χ3v) is 6.13. The number of hydrogen-bond donors (Lipinski definition) is 2. The molecule has 0 aromatic heterocycles. The molecular formula is C16H25FN2O3S. The zero-order valence-electron chi connectivity index (χ0n) is 14.0. The molecule has 0 aliphatic heterocycles. The van der Waals surface area contributed by atoms with Crippen LogP contribution >= 0.6 is 0 Å². The van der Waals surface area contributed by atoms with Gasteiger partial charge in [0, 0.05) is 12.5 Å². The van der Waals surface area contributed by atoms with Crippen molar-refractivity contribution in [2.24, 2.45) is 17.6 Å². The average molecular weight is 344 g/mol. The Morgan fingerprint density at radius 3 is 2.22 bits per heavy atom. The first-order valence-corrected chi connectivity index (χ1v) is 9.17. The Balaban J connectivity index is 2.84. The van der Waals surface area contributed by atoms with E-state index in [9.17, 15) is 17.6 Å². The molecule has 130 valence electrons. The zero-order valence-corrected chi connectivity index (χ0v) is 14.8. The number of carbonyl (C=O) groups excluding carboxylic acids is 1. The van der Waals surface area contributed by atoms with Crippen molar-refractivity contribution < 1.29 is 17.6 Å². The van der Waals surface area contributed by atoms with Crippen molar-refractivity contribution in [3.05, 3.63) is 30.1 Å². The highest BCUT2D eigenvalue weighted by molar-refractivity contribution is 7.91. The molecule has 0 radical (unpaired) electrons. The zero-order chi connectivity index (χ0) is 17.8. The number of rotatable bonds is 7. The van der Waals surface area contributed by atoms with E-state index in [1.54, 1.807) is 6.92 Å². The van der Waals surface area contributed by atoms with Gasteiger partial charge in [-0.2, -0.15) is 0 Å². The molecule has 2 unspecified atom stereocenters. The fourth-order valence-corrected chi connectivity index (χ4v) is 3.53. The predicted molar refractivity (Wildman–Crippen MR) is 88.1 cm³/mol. The Labute approximate surface area is 137 Å². The number of halogens is 1. The Bertz CT molecular complexity index is 644. The van der Waals surface area contributed by atoms with Gasteiger partial charge >= 0.3 is 0 Å². The maximum atomic E-state index is 12.9. The second-order valence-electron chi connectivity index (χ2n) is 6.40. The summed E-state index contributed by atoms with van der Waals surface area (Å²) in [5.74, 6) is -1.85. The summed E-state index contributed by atoms with van der Waals surface area (Å²) >= 11 is 0. The van der Waals surface area contributed by atoms with Gasteiger partial charge in [0.25, 0.3) is 0 Å². The maximum Gasteiger partial charge on any atom is 0.224 e. The number of amides is 1. The molecule has 1 rings (SSSR count). The minimum absolute atomic E-state index is 0.00370. The van der Waals surface area contributed by atoms with Gasteiger partial charge in [-0.1, -0.05) is 20.8 Å². The molecule has 0 heterocycles. The van der Waals surface area contributed by atoms with E-state index in [0.29, 0.717) is 0 Å². The van der Waals surface area contributed by atoms with Crippen LogP contribution in [0.4, 0.5) is 4.39 Å². The molecule has 0 saturated heterocycles. The van der Waals surface area contributed by atoms with Crippen molar-refractivity contribution in [3.63, 3.8) is 0 Å². The van der Waals surface area contributed by atoms with Crippen LogP contribution in [0.25, 0.3) is 0 Å². The van der Waals surface area contributed by atoms with Gasteiger partial charge in [0.2, 0.25) is 5.91 Å². The summed E-state index contributed by atoms with van der Waals surface area (Å²) in [5, 5.41) is 2.84. The van der Waals surface area contributed by atoms with Crippen LogP contribution in [-0.2, 0) is 14.6 Å². The largest absolute Gasteiger partial charge is 0.349 e. The quantitative estimate of drug-likeness (QED) is 0.737. The lowest BCUT2D eigenvalue weighted by Crippen LogP contribution is -2.56. The summed E-state index contributed by atoms with van der Waals surface area (Å²) in [6.45, 7) is 7.51. The Hall–Kier alpha value is -1.47. The first kappa shape index (κ1) is 19.6. The van der Waals surface area contributed by atoms with E-state index in [4.69, 9.17) is 5.73 Å². The summed E-state index contributed by atoms with van der Waals surface area (Å²) in [5.41, 5.74) is 5.13. The monoisotopic (exact) mass is 344 g/mol. The van der Waals surface area contributed by atoms with E-state index in [2.05, 4.69) is 5.32 Å². The van der Waals surface area contributed by atoms with Crippen molar-refractivity contribution in [1.82, 2.24) is 5.32 Å². The molecule has 1 aromatic rings. The van der Waals surface area contributed by atoms with Gasteiger partial charge in [0.05, 0.1) is 16.2 Å². The van der Waals surface area contributed by atoms with Gasteiger partial charge in [-0.15, -0.1) is 0 Å². The molecule has 0 fully saturated rings. The SMILES string of the molecule is CC(CS(=O)(=O)c1ccc(F)cc1)C(=O)NC(C)(CN)C(C)C. The molecule has 0 bridgehead atoms. The van der Waals surface area contributed by atoms with Crippen LogP contribution < -0.4 is 11.1 Å². The van der Waals surface area contributed by atoms with E-state index in [1.807, 2.05) is 20.8 Å². The van der Waals surface area contributed by atoms with Crippen molar-refractivity contribution in [2.75, 3.05) is 12.3 Å². The standard InChI is InChI=1S/C16H25FN2O3S/c1-11(2)16(4,10-18)19-15(20)12(3)9-23(21,22)14-7-5-13(17)6-8-14/h5-8,11-12H,9-10,18H2,1-4H3,(H,19,20). The molecule has 3 N–H and O–H groups in total. The van der Waals surface area contributed by atoms with Crippen molar-refractivity contribution in [3.8, 4) is 0 Å². The van der Waals surface area contributed by atoms with Crippen molar-refractivity contribution in [1.29, 1.82) is 0 Å². The van der Waals surface area contributed by atoms with Crippen LogP contribution in [0.15, 0.2) is 29.2 Å². The molecule has 0 aliphatic carbocycles. The van der Waals surface area contributed by atoms with Crippen LogP contribution in [0, 0.1) is 17.7 Å². The number of hydrogen-bond acceptors (Lipinski definition) is 4. The molecular weight excluding hydrogens is 319 g/mol. The molecule has 2 atom stereocenters. The lowest BCUT2D eigenvalue weighted by Gasteiger charge is -2.34. The van der Waals surface area contributed by atoms with Crippen LogP contribution in [0.1, 0.15) is 27.7 Å². The summed E-state index contributed by atoms with van der Waals surface area (Å²) in [7, 11) is -3.66. The summed E-state index contributed by atoms with van der Waals surface area (Å²) < 4.78 is 37.5. The topological polar surface area (TPSA) is 89.3 Å². The Morgan fingerprint density at radius 1 is 1.26 bits per heavy atom. The van der Waals surface area contributed by atoms with Crippen LogP contribution in [0.2, 0.25) is 0 Å². The highest BCUT2D eigenvalue weighted by Gasteiger charge is 2.31. The van der Waals surface area contributed by atoms with Gasteiger partial charge < -0.3 is 11.1 Å². The highest BCUT2D eigenvalue weighted by Crippen LogP contribution is 2.18. The van der Waals surface area contributed by atoms with E-state index in [0.717, 1.165) is 12.1 Å². The molecule has 0 aliphatic rings. The van der Waals surface area contributed by atoms with Gasteiger partial charge in [-0.05, 0) is 37.1 Å². The number of carbonyl (C=O) groups is 1. The van der Waals surface area contributed by atoms with E-state index in [1.165, 1.54) is 12.1 Å². The summed E-state index contributed by atoms with van der Waals surface area (Å²) in [6, 6.07) is 4.57. The first-order valence-electron chi connectivity index (χ1n) is 7.52. The average Bonchev–Trinajstić information content (AvgIpc) is 2.46. The minimum Gasteiger partial charge on any atom is -0.349 e. The van der Waals surface area contributed by atoms with Gasteiger partial charge in [0.15, 0.2) is 9.84 Å². The number of nitrogens with two attached hydrogens (primary N) is 1.